The third-order valence-corrected chi connectivity index (χ3v) is 0. The van der Waals surface area contributed by atoms with Gasteiger partial charge in [0.25, 0.3) is 0 Å². The molecule has 0 atom stereocenters. The van der Waals surface area contributed by atoms with Gasteiger partial charge in [0, 0.05) is 0 Å². The molecule has 0 heterocycles. The van der Waals surface area contributed by atoms with Gasteiger partial charge in [0.2, 0.25) is 0 Å². The Morgan fingerprint density at radius 3 is 0.500 bits per heavy atom. The van der Waals surface area contributed by atoms with Crippen molar-refractivity contribution in [3.8, 4) is 0 Å². The molecule has 0 aliphatic rings. The average Bonchev–Trinajstić information content (AvgIpc) is 1.25. The second-order valence-electron chi connectivity index (χ2n) is 0.408. The number of rotatable bonds is 0. The molecule has 0 aliphatic carbocycles. The van der Waals surface area contributed by atoms with Crippen molar-refractivity contribution >= 4 is 0 Å². The summed E-state index contributed by atoms with van der Waals surface area (Å²) in [6, 6.07) is 0. The predicted octanol–water partition coefficient (Wildman–Crippen LogP) is -0.718. The van der Waals surface area contributed by atoms with Crippen LogP contribution in [-0.2, 0) is 54.8 Å². The third-order valence-electron chi connectivity index (χ3n) is 0. The fourth-order valence-corrected chi connectivity index (χ4v) is 0. The molecule has 0 radical (unpaired) electrons. The summed E-state index contributed by atoms with van der Waals surface area (Å²) in [6.45, 7) is 0. The Balaban J connectivity index is 0. The van der Waals surface area contributed by atoms with Crippen LogP contribution in [0.3, 0.4) is 0 Å². The first kappa shape index (κ1) is 11.0. The summed E-state index contributed by atoms with van der Waals surface area (Å²) in [6.07, 6.45) is 0. The maximum atomic E-state index is 8.59. The Morgan fingerprint density at radius 1 is 0.500 bits per heavy atom. The van der Waals surface area contributed by atoms with Crippen molar-refractivity contribution in [2.24, 2.45) is 0 Å². The molecule has 0 aromatic carbocycles. The number of hydrogen-bond acceptors (Lipinski definition) is 6. The van der Waals surface area contributed by atoms with Gasteiger partial charge >= 0.3 is 54.8 Å². The molecule has 0 amide bonds. The summed E-state index contributed by atoms with van der Waals surface area (Å²) < 4.78 is 51.5. The number of hydrogen-bond donors (Lipinski definition) is 0. The van der Waals surface area contributed by atoms with Gasteiger partial charge in [-0.2, -0.15) is 0 Å². The molecule has 0 rings (SSSR count). The Labute approximate surface area is 54.8 Å². The van der Waals surface area contributed by atoms with Crippen LogP contribution in [0.5, 0.6) is 0 Å². The van der Waals surface area contributed by atoms with Gasteiger partial charge in [-0.05, 0) is 0 Å². The quantitative estimate of drug-likeness (QED) is 0.545. The second-order valence-corrected chi connectivity index (χ2v) is 2.42. The first-order chi connectivity index (χ1) is 3.46. The zero-order chi connectivity index (χ0) is 7.15. The zero-order valence-electron chi connectivity index (χ0n) is 3.27. The van der Waals surface area contributed by atoms with Crippen LogP contribution < -0.4 is 0 Å². The molecule has 8 heavy (non-hydrogen) atoms. The van der Waals surface area contributed by atoms with Gasteiger partial charge in [0.05, 0.1) is 0 Å². The molecule has 0 saturated heterocycles. The van der Waals surface area contributed by atoms with E-state index in [4.69, 9.17) is 20.4 Å². The average molecular weight is 288 g/mol. The molecule has 8 heteroatoms. The first-order valence-electron chi connectivity index (χ1n) is 1.00. The van der Waals surface area contributed by atoms with Gasteiger partial charge in [0.15, 0.2) is 0 Å². The van der Waals surface area contributed by atoms with E-state index in [1.54, 1.807) is 0 Å². The molecular weight excluding hydrogens is 288 g/mol. The standard InChI is InChI=1S/2Mo.6O. The van der Waals surface area contributed by atoms with Crippen molar-refractivity contribution in [3.05, 3.63) is 0 Å². The van der Waals surface area contributed by atoms with Crippen molar-refractivity contribution in [2.75, 3.05) is 0 Å². The second kappa shape index (κ2) is 7.18. The molecule has 0 N–H and O–H groups in total. The third kappa shape index (κ3) is 5310. The molecule has 0 unspecified atom stereocenters. The summed E-state index contributed by atoms with van der Waals surface area (Å²) >= 11 is -8.21. The van der Waals surface area contributed by atoms with Crippen molar-refractivity contribution in [3.63, 3.8) is 0 Å². The Kier molecular flexibility index (Phi) is 9.90. The van der Waals surface area contributed by atoms with Crippen molar-refractivity contribution in [1.29, 1.82) is 0 Å². The normalized spacial score (nSPS) is 6.00. The van der Waals surface area contributed by atoms with E-state index in [0.717, 1.165) is 0 Å². The molecule has 0 spiro atoms. The minimum atomic E-state index is -4.11. The fourth-order valence-electron chi connectivity index (χ4n) is 0. The van der Waals surface area contributed by atoms with Crippen LogP contribution in [0.2, 0.25) is 0 Å². The van der Waals surface area contributed by atoms with Gasteiger partial charge in [-0.25, -0.2) is 0 Å². The van der Waals surface area contributed by atoms with Crippen LogP contribution in [0.1, 0.15) is 0 Å². The van der Waals surface area contributed by atoms with Crippen molar-refractivity contribution in [1.82, 2.24) is 0 Å². The molecule has 6 nitrogen and oxygen atoms in total. The van der Waals surface area contributed by atoms with E-state index in [9.17, 15) is 0 Å². The maximum absolute atomic E-state index is 8.59. The molecule has 0 fully saturated rings. The Hall–Kier alpha value is 0.177. The van der Waals surface area contributed by atoms with Crippen LogP contribution in [0.25, 0.3) is 0 Å². The van der Waals surface area contributed by atoms with E-state index in [2.05, 4.69) is 0 Å². The van der Waals surface area contributed by atoms with E-state index in [1.165, 1.54) is 0 Å². The van der Waals surface area contributed by atoms with Gasteiger partial charge in [-0.3, -0.25) is 0 Å². The van der Waals surface area contributed by atoms with E-state index >= 15 is 0 Å². The van der Waals surface area contributed by atoms with Gasteiger partial charge in [0.1, 0.15) is 0 Å². The van der Waals surface area contributed by atoms with E-state index in [0.29, 0.717) is 0 Å². The van der Waals surface area contributed by atoms with Crippen LogP contribution >= 0.6 is 0 Å². The summed E-state index contributed by atoms with van der Waals surface area (Å²) in [7, 11) is 0. The SMILES string of the molecule is [O]=[Mo](=[O])=[O].[O]=[Mo](=[O])=[O]. The van der Waals surface area contributed by atoms with Gasteiger partial charge in [-0.1, -0.05) is 0 Å². The van der Waals surface area contributed by atoms with Crippen LogP contribution in [0.4, 0.5) is 0 Å². The molecule has 0 bridgehead atoms. The fraction of sp³-hybridized carbons (Fsp3) is 0. The van der Waals surface area contributed by atoms with E-state index in [-0.39, 0.29) is 0 Å². The van der Waals surface area contributed by atoms with Gasteiger partial charge in [-0.15, -0.1) is 0 Å². The Morgan fingerprint density at radius 2 is 0.500 bits per heavy atom. The van der Waals surface area contributed by atoms with Crippen LogP contribution in [0, 0.1) is 0 Å². The summed E-state index contributed by atoms with van der Waals surface area (Å²) in [5.74, 6) is 0. The van der Waals surface area contributed by atoms with Crippen LogP contribution in [0.15, 0.2) is 0 Å². The van der Waals surface area contributed by atoms with E-state index < -0.39 is 34.4 Å². The zero-order valence-corrected chi connectivity index (χ0v) is 7.28. The van der Waals surface area contributed by atoms with Crippen LogP contribution in [-0.4, -0.2) is 0 Å². The Bertz CT molecular complexity index is 175. The molecule has 0 aromatic heterocycles. The van der Waals surface area contributed by atoms with E-state index in [1.807, 2.05) is 0 Å². The molecule has 48 valence electrons. The topological polar surface area (TPSA) is 102 Å². The van der Waals surface area contributed by atoms with Crippen molar-refractivity contribution in [2.45, 2.75) is 0 Å². The molecule has 0 aliphatic heterocycles. The molecule has 0 saturated carbocycles. The molecule has 0 aromatic rings. The first-order valence-corrected chi connectivity index (χ1v) is 5.92. The molecular formula is Mo2O6. The minimum absolute atomic E-state index is 4.11. The van der Waals surface area contributed by atoms with Crippen molar-refractivity contribution < 1.29 is 54.8 Å². The summed E-state index contributed by atoms with van der Waals surface area (Å²) in [5, 5.41) is 0. The summed E-state index contributed by atoms with van der Waals surface area (Å²) in [5.41, 5.74) is 0. The summed E-state index contributed by atoms with van der Waals surface area (Å²) in [4.78, 5) is 0. The van der Waals surface area contributed by atoms with Gasteiger partial charge < -0.3 is 0 Å². The predicted molar refractivity (Wildman–Crippen MR) is 4.12 cm³/mol. The monoisotopic (exact) mass is 292 g/mol.